The number of aromatic nitrogens is 2. The number of hydrogen-bond acceptors (Lipinski definition) is 5. The Morgan fingerprint density at radius 2 is 1.84 bits per heavy atom. The van der Waals surface area contributed by atoms with Gasteiger partial charge in [-0.2, -0.15) is 9.78 Å². The van der Waals surface area contributed by atoms with Gasteiger partial charge >= 0.3 is 5.97 Å². The smallest absolute Gasteiger partial charge is 0.306 e. The summed E-state index contributed by atoms with van der Waals surface area (Å²) < 4.78 is 15.3. The van der Waals surface area contributed by atoms with Crippen LogP contribution in [0.5, 0.6) is 0 Å². The number of amides is 1. The highest BCUT2D eigenvalue weighted by Gasteiger charge is 2.45. The van der Waals surface area contributed by atoms with Gasteiger partial charge < -0.3 is 10.0 Å². The SMILES string of the molecule is NC1(F)CN(C(=O)C2CCc3c(C4=CCC(C(=O)O)CC4)nn(C(=O)c4c(Cl)cccc4C4CC4)c3C2)C1. The van der Waals surface area contributed by atoms with Crippen molar-refractivity contribution in [3.05, 3.63) is 57.4 Å². The van der Waals surface area contributed by atoms with Crippen molar-refractivity contribution < 1.29 is 23.9 Å². The van der Waals surface area contributed by atoms with Gasteiger partial charge in [-0.25, -0.2) is 4.39 Å². The lowest BCUT2D eigenvalue weighted by atomic mass is 9.82. The Labute approximate surface area is 224 Å². The van der Waals surface area contributed by atoms with E-state index >= 15 is 0 Å². The third kappa shape index (κ3) is 4.45. The summed E-state index contributed by atoms with van der Waals surface area (Å²) in [6.07, 6.45) is 6.82. The summed E-state index contributed by atoms with van der Waals surface area (Å²) in [6, 6.07) is 5.50. The maximum absolute atomic E-state index is 14.0. The molecule has 38 heavy (non-hydrogen) atoms. The van der Waals surface area contributed by atoms with Crippen LogP contribution in [0.25, 0.3) is 5.57 Å². The Kier molecular flexibility index (Phi) is 6.18. The number of carbonyl (C=O) groups is 3. The lowest BCUT2D eigenvalue weighted by molar-refractivity contribution is -0.150. The molecule has 1 aromatic carbocycles. The minimum absolute atomic E-state index is 0.124. The number of nitrogens with two attached hydrogens (primary N) is 1. The summed E-state index contributed by atoms with van der Waals surface area (Å²) in [7, 11) is 0. The summed E-state index contributed by atoms with van der Waals surface area (Å²) in [6.45, 7) is -0.249. The van der Waals surface area contributed by atoms with Gasteiger partial charge in [0.2, 0.25) is 5.91 Å². The van der Waals surface area contributed by atoms with Crippen LogP contribution < -0.4 is 5.73 Å². The van der Waals surface area contributed by atoms with Gasteiger partial charge in [0.15, 0.2) is 5.79 Å². The van der Waals surface area contributed by atoms with E-state index in [1.807, 2.05) is 18.2 Å². The molecule has 1 aliphatic heterocycles. The molecule has 6 rings (SSSR count). The second kappa shape index (κ2) is 9.31. The molecule has 10 heteroatoms. The number of benzene rings is 1. The van der Waals surface area contributed by atoms with Crippen LogP contribution in [0.1, 0.15) is 77.3 Å². The summed E-state index contributed by atoms with van der Waals surface area (Å²) in [5, 5.41) is 14.6. The summed E-state index contributed by atoms with van der Waals surface area (Å²) >= 11 is 6.57. The summed E-state index contributed by atoms with van der Waals surface area (Å²) in [5.41, 5.74) is 10.1. The fourth-order valence-corrected chi connectivity index (χ4v) is 6.39. The third-order valence-corrected chi connectivity index (χ3v) is 8.69. The van der Waals surface area contributed by atoms with Crippen LogP contribution in [-0.4, -0.2) is 56.5 Å². The van der Waals surface area contributed by atoms with Gasteiger partial charge in [-0.15, -0.1) is 0 Å². The van der Waals surface area contributed by atoms with Crippen molar-refractivity contribution in [1.29, 1.82) is 0 Å². The Bertz CT molecular complexity index is 1370. The van der Waals surface area contributed by atoms with E-state index in [-0.39, 0.29) is 24.9 Å². The number of aliphatic carboxylic acids is 1. The molecule has 1 amide bonds. The molecular weight excluding hydrogens is 511 g/mol. The van der Waals surface area contributed by atoms with Crippen LogP contribution in [0, 0.1) is 11.8 Å². The third-order valence-electron chi connectivity index (χ3n) is 8.37. The number of likely N-dealkylation sites (tertiary alicyclic amines) is 1. The Morgan fingerprint density at radius 1 is 1.11 bits per heavy atom. The van der Waals surface area contributed by atoms with E-state index in [9.17, 15) is 23.9 Å². The molecule has 2 aromatic rings. The lowest BCUT2D eigenvalue weighted by Gasteiger charge is -2.43. The lowest BCUT2D eigenvalue weighted by Crippen LogP contribution is -2.67. The first-order valence-electron chi connectivity index (χ1n) is 13.3. The van der Waals surface area contributed by atoms with E-state index in [0.29, 0.717) is 66.4 Å². The quantitative estimate of drug-likeness (QED) is 0.554. The predicted molar refractivity (Wildman–Crippen MR) is 138 cm³/mol. The first-order chi connectivity index (χ1) is 18.1. The minimum Gasteiger partial charge on any atom is -0.481 e. The number of halogens is 2. The van der Waals surface area contributed by atoms with Crippen molar-refractivity contribution in [2.24, 2.45) is 17.6 Å². The number of allylic oxidation sites excluding steroid dienone is 2. The highest BCUT2D eigenvalue weighted by atomic mass is 35.5. The molecule has 0 radical (unpaired) electrons. The number of hydrogen-bond donors (Lipinski definition) is 2. The minimum atomic E-state index is -1.84. The first-order valence-corrected chi connectivity index (χ1v) is 13.6. The van der Waals surface area contributed by atoms with Crippen molar-refractivity contribution in [2.45, 2.75) is 63.1 Å². The predicted octanol–water partition coefficient (Wildman–Crippen LogP) is 3.94. The molecule has 1 saturated carbocycles. The monoisotopic (exact) mass is 540 g/mol. The first kappa shape index (κ1) is 25.2. The maximum atomic E-state index is 14.0. The number of rotatable bonds is 5. The fraction of sp³-hybridized carbons (Fsp3) is 0.500. The molecule has 3 N–H and O–H groups in total. The maximum Gasteiger partial charge on any atom is 0.306 e. The van der Waals surface area contributed by atoms with Crippen molar-refractivity contribution in [3.63, 3.8) is 0 Å². The van der Waals surface area contributed by atoms with Gasteiger partial charge in [-0.1, -0.05) is 29.8 Å². The molecule has 8 nitrogen and oxygen atoms in total. The topological polar surface area (TPSA) is 119 Å². The number of alkyl halides is 1. The number of nitrogens with zero attached hydrogens (tertiary/aromatic N) is 3. The zero-order chi connectivity index (χ0) is 26.8. The zero-order valence-electron chi connectivity index (χ0n) is 21.0. The summed E-state index contributed by atoms with van der Waals surface area (Å²) in [5.74, 6) is -3.66. The van der Waals surface area contributed by atoms with E-state index in [0.717, 1.165) is 29.5 Å². The van der Waals surface area contributed by atoms with Crippen molar-refractivity contribution in [1.82, 2.24) is 14.7 Å². The van der Waals surface area contributed by atoms with Crippen molar-refractivity contribution in [3.8, 4) is 0 Å². The highest BCUT2D eigenvalue weighted by Crippen LogP contribution is 2.44. The number of fused-ring (bicyclic) bond motifs is 1. The van der Waals surface area contributed by atoms with Gasteiger partial charge in [0.05, 0.1) is 41.0 Å². The average molecular weight is 541 g/mol. The Morgan fingerprint density at radius 3 is 2.47 bits per heavy atom. The fourth-order valence-electron chi connectivity index (χ4n) is 6.13. The second-order valence-electron chi connectivity index (χ2n) is 11.2. The van der Waals surface area contributed by atoms with E-state index in [1.165, 1.54) is 9.58 Å². The molecule has 0 bridgehead atoms. The molecule has 2 unspecified atom stereocenters. The second-order valence-corrected chi connectivity index (χ2v) is 11.6. The van der Waals surface area contributed by atoms with Crippen LogP contribution >= 0.6 is 11.6 Å². The van der Waals surface area contributed by atoms with Crippen LogP contribution in [0.15, 0.2) is 24.3 Å². The zero-order valence-corrected chi connectivity index (χ0v) is 21.7. The van der Waals surface area contributed by atoms with Gasteiger partial charge in [0.25, 0.3) is 5.91 Å². The Balaban J connectivity index is 1.38. The van der Waals surface area contributed by atoms with E-state index < -0.39 is 23.6 Å². The standard InChI is InChI=1S/C28H30ClFN4O4/c29-21-3-1-2-19(15-4-5-15)23(21)26(36)34-22-12-18(25(35)33-13-28(30,31)14-33)10-11-20(22)24(32-34)16-6-8-17(9-7-16)27(37)38/h1-3,6,15,17-18H,4-5,7-14,31H2,(H,37,38). The van der Waals surface area contributed by atoms with Gasteiger partial charge in [-0.05, 0) is 68.1 Å². The van der Waals surface area contributed by atoms with Crippen LogP contribution in [-0.2, 0) is 22.4 Å². The van der Waals surface area contributed by atoms with Crippen LogP contribution in [0.2, 0.25) is 5.02 Å². The molecule has 4 aliphatic rings. The molecule has 0 spiro atoms. The van der Waals surface area contributed by atoms with Crippen molar-refractivity contribution in [2.75, 3.05) is 13.1 Å². The van der Waals surface area contributed by atoms with Gasteiger partial charge in [0, 0.05) is 17.9 Å². The normalized spacial score (nSPS) is 24.3. The number of carboxylic acids is 1. The average Bonchev–Trinajstić information content (AvgIpc) is 3.66. The van der Waals surface area contributed by atoms with E-state index in [1.54, 1.807) is 6.07 Å². The molecular formula is C28H30ClFN4O4. The number of carbonyl (C=O) groups excluding carboxylic acids is 2. The summed E-state index contributed by atoms with van der Waals surface area (Å²) in [4.78, 5) is 40.1. The Hall–Kier alpha value is -3.04. The number of carboxylic acid groups (broad SMARTS) is 1. The van der Waals surface area contributed by atoms with Crippen molar-refractivity contribution >= 4 is 35.0 Å². The van der Waals surface area contributed by atoms with Gasteiger partial charge in [0.1, 0.15) is 0 Å². The largest absolute Gasteiger partial charge is 0.481 e. The molecule has 3 aliphatic carbocycles. The van der Waals surface area contributed by atoms with Gasteiger partial charge in [-0.3, -0.25) is 20.1 Å². The molecule has 2 fully saturated rings. The highest BCUT2D eigenvalue weighted by molar-refractivity contribution is 6.34. The van der Waals surface area contributed by atoms with Crippen LogP contribution in [0.3, 0.4) is 0 Å². The molecule has 2 heterocycles. The van der Waals surface area contributed by atoms with Crippen LogP contribution in [0.4, 0.5) is 4.39 Å². The molecule has 1 saturated heterocycles. The molecule has 200 valence electrons. The van der Waals surface area contributed by atoms with E-state index in [4.69, 9.17) is 22.4 Å². The molecule has 1 aromatic heterocycles. The van der Waals surface area contributed by atoms with E-state index in [2.05, 4.69) is 0 Å². The molecule has 2 atom stereocenters.